The minimum atomic E-state index is -0.408. The Balaban J connectivity index is 2.00. The highest BCUT2D eigenvalue weighted by Gasteiger charge is 2.19. The number of aromatic nitrogens is 4. The van der Waals surface area contributed by atoms with E-state index in [1.807, 2.05) is 28.8 Å². The van der Waals surface area contributed by atoms with Gasteiger partial charge >= 0.3 is 5.69 Å². The van der Waals surface area contributed by atoms with Crippen LogP contribution in [0, 0.1) is 0 Å². The monoisotopic (exact) mass is 415 g/mol. The molecule has 0 saturated carbocycles. The number of ether oxygens (including phenoxy) is 1. The Morgan fingerprint density at radius 3 is 2.60 bits per heavy atom. The number of aliphatic hydroxyl groups excluding tert-OH is 1. The largest absolute Gasteiger partial charge is 0.497 e. The summed E-state index contributed by atoms with van der Waals surface area (Å²) < 4.78 is 9.63. The minimum Gasteiger partial charge on any atom is -0.497 e. The Morgan fingerprint density at radius 1 is 1.10 bits per heavy atom. The molecule has 3 rings (SSSR count). The molecule has 2 N–H and O–H groups in total. The smallest absolute Gasteiger partial charge is 0.332 e. The van der Waals surface area contributed by atoms with Gasteiger partial charge in [-0.05, 0) is 30.5 Å². The molecular weight excluding hydrogens is 386 g/mol. The van der Waals surface area contributed by atoms with E-state index in [1.165, 1.54) is 11.6 Å². The second-order valence-electron chi connectivity index (χ2n) is 7.32. The van der Waals surface area contributed by atoms with Crippen LogP contribution in [0.5, 0.6) is 5.75 Å². The van der Waals surface area contributed by atoms with Crippen LogP contribution in [0.25, 0.3) is 11.2 Å². The van der Waals surface area contributed by atoms with Crippen molar-refractivity contribution in [3.63, 3.8) is 0 Å². The fourth-order valence-corrected chi connectivity index (χ4v) is 3.48. The second-order valence-corrected chi connectivity index (χ2v) is 7.32. The van der Waals surface area contributed by atoms with E-state index >= 15 is 0 Å². The van der Waals surface area contributed by atoms with E-state index in [1.54, 1.807) is 14.2 Å². The van der Waals surface area contributed by atoms with Gasteiger partial charge in [0.1, 0.15) is 5.75 Å². The van der Waals surface area contributed by atoms with Crippen LogP contribution in [-0.4, -0.2) is 44.1 Å². The van der Waals surface area contributed by atoms with Crippen LogP contribution in [0.3, 0.4) is 0 Å². The predicted molar refractivity (Wildman–Crippen MR) is 116 cm³/mol. The molecule has 2 heterocycles. The molecule has 0 spiro atoms. The minimum absolute atomic E-state index is 0.209. The lowest BCUT2D eigenvalue weighted by atomic mass is 10.2. The number of anilines is 1. The van der Waals surface area contributed by atoms with Gasteiger partial charge in [0.25, 0.3) is 5.56 Å². The van der Waals surface area contributed by atoms with Gasteiger partial charge in [-0.25, -0.2) is 4.79 Å². The topological polar surface area (TPSA) is 103 Å². The van der Waals surface area contributed by atoms with Crippen molar-refractivity contribution >= 4 is 17.1 Å². The Bertz CT molecular complexity index is 1130. The van der Waals surface area contributed by atoms with Gasteiger partial charge < -0.3 is 15.2 Å². The third-order valence-corrected chi connectivity index (χ3v) is 5.19. The fraction of sp³-hybridized carbons (Fsp3) is 0.476. The number of hydrogen-bond donors (Lipinski definition) is 2. The van der Waals surface area contributed by atoms with Gasteiger partial charge in [0.05, 0.1) is 13.7 Å². The second kappa shape index (κ2) is 9.62. The lowest BCUT2D eigenvalue weighted by Gasteiger charge is -2.12. The molecule has 3 aromatic rings. The van der Waals surface area contributed by atoms with E-state index in [0.29, 0.717) is 30.2 Å². The SMILES string of the molecule is COc1cccc(Cn2c(NCCCCCCO)nc3c2c(=O)n(C)c(=O)n3C)c1. The third kappa shape index (κ3) is 4.40. The number of methoxy groups -OCH3 is 1. The highest BCUT2D eigenvalue weighted by atomic mass is 16.5. The van der Waals surface area contributed by atoms with Crippen molar-refractivity contribution in [2.45, 2.75) is 32.2 Å². The average Bonchev–Trinajstić information content (AvgIpc) is 3.11. The summed E-state index contributed by atoms with van der Waals surface area (Å²) in [5.74, 6) is 1.28. The number of aliphatic hydroxyl groups is 1. The number of rotatable bonds is 10. The quantitative estimate of drug-likeness (QED) is 0.486. The zero-order valence-electron chi connectivity index (χ0n) is 17.7. The standard InChI is InChI=1S/C21H29N5O4/c1-24-18-17(19(28)25(2)21(24)29)26(14-15-9-8-10-16(13-15)30-3)20(23-18)22-11-6-4-5-7-12-27/h8-10,13,27H,4-7,11-12,14H2,1-3H3,(H,22,23). The van der Waals surface area contributed by atoms with Gasteiger partial charge in [-0.1, -0.05) is 25.0 Å². The molecule has 0 fully saturated rings. The molecule has 2 aromatic heterocycles. The van der Waals surface area contributed by atoms with E-state index in [2.05, 4.69) is 10.3 Å². The van der Waals surface area contributed by atoms with Gasteiger partial charge in [-0.2, -0.15) is 4.98 Å². The van der Waals surface area contributed by atoms with Gasteiger partial charge in [0, 0.05) is 27.2 Å². The van der Waals surface area contributed by atoms with Crippen molar-refractivity contribution in [1.82, 2.24) is 18.7 Å². The number of fused-ring (bicyclic) bond motifs is 1. The fourth-order valence-electron chi connectivity index (χ4n) is 3.48. The molecule has 0 radical (unpaired) electrons. The van der Waals surface area contributed by atoms with Crippen LogP contribution in [0.1, 0.15) is 31.2 Å². The van der Waals surface area contributed by atoms with Crippen LogP contribution < -0.4 is 21.3 Å². The third-order valence-electron chi connectivity index (χ3n) is 5.19. The van der Waals surface area contributed by atoms with Crippen LogP contribution in [0.2, 0.25) is 0 Å². The summed E-state index contributed by atoms with van der Waals surface area (Å²) in [4.78, 5) is 29.8. The molecule has 162 valence electrons. The maximum atomic E-state index is 12.9. The molecule has 0 aliphatic carbocycles. The Labute approximate surface area is 174 Å². The first-order valence-electron chi connectivity index (χ1n) is 10.1. The molecule has 0 atom stereocenters. The average molecular weight is 415 g/mol. The maximum absolute atomic E-state index is 12.9. The first-order valence-corrected chi connectivity index (χ1v) is 10.1. The highest BCUT2D eigenvalue weighted by molar-refractivity contribution is 5.74. The summed E-state index contributed by atoms with van der Waals surface area (Å²) in [7, 11) is 4.70. The van der Waals surface area contributed by atoms with Crippen molar-refractivity contribution in [3.8, 4) is 5.75 Å². The van der Waals surface area contributed by atoms with Crippen molar-refractivity contribution in [2.75, 3.05) is 25.6 Å². The van der Waals surface area contributed by atoms with Crippen LogP contribution in [0.4, 0.5) is 5.95 Å². The molecule has 0 aliphatic heterocycles. The molecule has 0 aliphatic rings. The molecule has 0 unspecified atom stereocenters. The van der Waals surface area contributed by atoms with E-state index in [9.17, 15) is 9.59 Å². The van der Waals surface area contributed by atoms with E-state index < -0.39 is 5.69 Å². The first kappa shape index (κ1) is 21.6. The zero-order chi connectivity index (χ0) is 21.7. The predicted octanol–water partition coefficient (Wildman–Crippen LogP) is 1.46. The normalized spacial score (nSPS) is 11.2. The molecule has 0 bridgehead atoms. The summed E-state index contributed by atoms with van der Waals surface area (Å²) in [5, 5.41) is 12.2. The summed E-state index contributed by atoms with van der Waals surface area (Å²) in [5.41, 5.74) is 0.906. The number of unbranched alkanes of at least 4 members (excludes halogenated alkanes) is 3. The molecule has 0 saturated heterocycles. The number of imidazole rings is 1. The molecule has 9 nitrogen and oxygen atoms in total. The van der Waals surface area contributed by atoms with Crippen molar-refractivity contribution in [1.29, 1.82) is 0 Å². The van der Waals surface area contributed by atoms with E-state index in [-0.39, 0.29) is 12.2 Å². The van der Waals surface area contributed by atoms with E-state index in [4.69, 9.17) is 9.84 Å². The number of nitrogens with one attached hydrogen (secondary N) is 1. The number of hydrogen-bond acceptors (Lipinski definition) is 6. The summed E-state index contributed by atoms with van der Waals surface area (Å²) in [6.07, 6.45) is 3.67. The lowest BCUT2D eigenvalue weighted by molar-refractivity contribution is 0.283. The van der Waals surface area contributed by atoms with Crippen molar-refractivity contribution < 1.29 is 9.84 Å². The Morgan fingerprint density at radius 2 is 1.87 bits per heavy atom. The molecule has 9 heteroatoms. The zero-order valence-corrected chi connectivity index (χ0v) is 17.7. The number of aryl methyl sites for hydroxylation is 1. The number of benzene rings is 1. The first-order chi connectivity index (χ1) is 14.5. The van der Waals surface area contributed by atoms with Gasteiger partial charge in [0.2, 0.25) is 5.95 Å². The van der Waals surface area contributed by atoms with Crippen LogP contribution in [-0.2, 0) is 20.6 Å². The Hall–Kier alpha value is -3.07. The van der Waals surface area contributed by atoms with E-state index in [0.717, 1.165) is 41.6 Å². The summed E-state index contributed by atoms with van der Waals surface area (Å²) in [6.45, 7) is 1.30. The molecule has 0 amide bonds. The molecule has 30 heavy (non-hydrogen) atoms. The lowest BCUT2D eigenvalue weighted by Crippen LogP contribution is -2.37. The van der Waals surface area contributed by atoms with Crippen molar-refractivity contribution in [2.24, 2.45) is 14.1 Å². The Kier molecular flexibility index (Phi) is 6.94. The maximum Gasteiger partial charge on any atom is 0.332 e. The molecular formula is C21H29N5O4. The van der Waals surface area contributed by atoms with Crippen molar-refractivity contribution in [3.05, 3.63) is 50.7 Å². The van der Waals surface area contributed by atoms with Gasteiger partial charge in [-0.3, -0.25) is 18.5 Å². The molecule has 1 aromatic carbocycles. The number of nitrogens with zero attached hydrogens (tertiary/aromatic N) is 4. The summed E-state index contributed by atoms with van der Waals surface area (Å²) >= 11 is 0. The summed E-state index contributed by atoms with van der Waals surface area (Å²) in [6, 6.07) is 7.63. The van der Waals surface area contributed by atoms with Gasteiger partial charge in [-0.15, -0.1) is 0 Å². The van der Waals surface area contributed by atoms with Crippen LogP contribution >= 0.6 is 0 Å². The van der Waals surface area contributed by atoms with Crippen LogP contribution in [0.15, 0.2) is 33.9 Å². The highest BCUT2D eigenvalue weighted by Crippen LogP contribution is 2.20. The van der Waals surface area contributed by atoms with Gasteiger partial charge in [0.15, 0.2) is 11.2 Å².